The van der Waals surface area contributed by atoms with Gasteiger partial charge in [-0.1, -0.05) is 37.1 Å². The van der Waals surface area contributed by atoms with Gasteiger partial charge in [0.25, 0.3) is 0 Å². The molecule has 6 rings (SSSR count). The number of carbonyl (C=O) groups is 3. The van der Waals surface area contributed by atoms with Gasteiger partial charge in [-0.3, -0.25) is 9.59 Å². The molecule has 2 aromatic carbocycles. The summed E-state index contributed by atoms with van der Waals surface area (Å²) in [5.41, 5.74) is -5.67. The van der Waals surface area contributed by atoms with E-state index >= 15 is 4.39 Å². The third kappa shape index (κ3) is 4.65. The predicted octanol–water partition coefficient (Wildman–Crippen LogP) is 7.54. The fraction of sp³-hybridized carbons (Fsp3) is 0.457. The van der Waals surface area contributed by atoms with Crippen LogP contribution in [0.5, 0.6) is 17.2 Å². The number of fused-ring (bicyclic) bond motifs is 5. The maximum Gasteiger partial charge on any atom is 0.339 e. The molecular formula is C35H35ClF2O7S. The van der Waals surface area contributed by atoms with Gasteiger partial charge < -0.3 is 19.7 Å². The second kappa shape index (κ2) is 11.5. The first-order valence-electron chi connectivity index (χ1n) is 15.3. The number of phenols is 1. The Kier molecular flexibility index (Phi) is 8.17. The minimum atomic E-state index is -2.13. The lowest BCUT2D eigenvalue weighted by molar-refractivity contribution is -0.216. The number of esters is 1. The molecule has 2 N–H and O–H groups in total. The first-order valence-corrected chi connectivity index (χ1v) is 16.6. The quantitative estimate of drug-likeness (QED) is 0.303. The number of thioether (sulfide) groups is 1. The van der Waals surface area contributed by atoms with E-state index in [1.54, 1.807) is 26.8 Å². The van der Waals surface area contributed by atoms with E-state index in [1.807, 2.05) is 0 Å². The summed E-state index contributed by atoms with van der Waals surface area (Å²) in [4.78, 5) is 39.9. The van der Waals surface area contributed by atoms with Crippen molar-refractivity contribution in [1.29, 1.82) is 0 Å². The molecule has 4 aliphatic rings. The van der Waals surface area contributed by atoms with Crippen LogP contribution in [0.1, 0.15) is 56.8 Å². The van der Waals surface area contributed by atoms with Gasteiger partial charge in [0.1, 0.15) is 23.3 Å². The third-order valence-electron chi connectivity index (χ3n) is 11.2. The highest BCUT2D eigenvalue weighted by atomic mass is 35.5. The number of allylic oxidation sites excluding steroid dienone is 4. The van der Waals surface area contributed by atoms with Crippen molar-refractivity contribution < 1.29 is 42.9 Å². The van der Waals surface area contributed by atoms with Crippen LogP contribution in [-0.4, -0.2) is 50.5 Å². The van der Waals surface area contributed by atoms with Crippen LogP contribution in [0.15, 0.2) is 66.3 Å². The summed E-state index contributed by atoms with van der Waals surface area (Å²) in [5, 5.41) is 20.8. The van der Waals surface area contributed by atoms with E-state index in [1.165, 1.54) is 54.6 Å². The van der Waals surface area contributed by atoms with E-state index < -0.39 is 63.0 Å². The van der Waals surface area contributed by atoms with Crippen molar-refractivity contribution in [2.24, 2.45) is 28.6 Å². The fourth-order valence-electron chi connectivity index (χ4n) is 8.93. The molecule has 0 aliphatic heterocycles. The lowest BCUT2D eigenvalue weighted by Crippen LogP contribution is -2.69. The normalized spacial score (nSPS) is 36.2. The van der Waals surface area contributed by atoms with Crippen LogP contribution < -0.4 is 4.74 Å². The number of hydrogen-bond acceptors (Lipinski definition) is 8. The Labute approximate surface area is 275 Å². The molecule has 3 saturated carbocycles. The fourth-order valence-corrected chi connectivity index (χ4v) is 9.89. The molecule has 244 valence electrons. The molecule has 11 heteroatoms. The summed E-state index contributed by atoms with van der Waals surface area (Å²) in [6.07, 6.45) is 3.71. The van der Waals surface area contributed by atoms with Crippen molar-refractivity contribution in [1.82, 2.24) is 0 Å². The molecule has 0 radical (unpaired) electrons. The number of carbonyl (C=O) groups excluding carboxylic acids is 3. The van der Waals surface area contributed by atoms with Gasteiger partial charge in [0.05, 0.1) is 16.7 Å². The summed E-state index contributed by atoms with van der Waals surface area (Å²) in [5.74, 6) is -2.21. The van der Waals surface area contributed by atoms with Crippen molar-refractivity contribution in [3.8, 4) is 17.2 Å². The van der Waals surface area contributed by atoms with Crippen LogP contribution in [0.4, 0.5) is 8.78 Å². The highest BCUT2D eigenvalue weighted by Gasteiger charge is 2.77. The Morgan fingerprint density at radius 3 is 2.48 bits per heavy atom. The number of aliphatic hydroxyl groups is 1. The van der Waals surface area contributed by atoms with E-state index in [4.69, 9.17) is 21.1 Å². The minimum absolute atomic E-state index is 0.0946. The van der Waals surface area contributed by atoms with Gasteiger partial charge in [0, 0.05) is 28.7 Å². The molecule has 3 fully saturated rings. The standard InChI is InChI=1S/C35H35ClF2O7S/c1-19-14-26-25-10-6-21-15-22(39)12-13-32(21,2)34(25,38)29(41)17-33(26,3)35(19,31(43)46-18-37)45-30(42)20-4-7-23(8-5-20)44-24-9-11-28(40)27(36)16-24/h4-5,7-9,11-13,15-16,19,25-26,29,40-41H,6,10,14,17-18H2,1-3H3/t19-,25+,26+,29+,32+,33+,34+,35+/m1/s1. The third-order valence-corrected chi connectivity index (χ3v) is 12.1. The van der Waals surface area contributed by atoms with Gasteiger partial charge in [-0.15, -0.1) is 0 Å². The van der Waals surface area contributed by atoms with Gasteiger partial charge >= 0.3 is 5.97 Å². The first-order chi connectivity index (χ1) is 21.7. The van der Waals surface area contributed by atoms with Gasteiger partial charge in [0.2, 0.25) is 5.12 Å². The largest absolute Gasteiger partial charge is 0.506 e. The molecule has 7 nitrogen and oxygen atoms in total. The number of ketones is 1. The molecule has 0 bridgehead atoms. The van der Waals surface area contributed by atoms with Gasteiger partial charge in [-0.2, -0.15) is 0 Å². The van der Waals surface area contributed by atoms with E-state index in [-0.39, 0.29) is 28.5 Å². The average molecular weight is 673 g/mol. The van der Waals surface area contributed by atoms with Crippen molar-refractivity contribution in [2.45, 2.75) is 63.8 Å². The summed E-state index contributed by atoms with van der Waals surface area (Å²) >= 11 is 6.37. The predicted molar refractivity (Wildman–Crippen MR) is 169 cm³/mol. The summed E-state index contributed by atoms with van der Waals surface area (Å²) in [7, 11) is 0. The topological polar surface area (TPSA) is 110 Å². The second-order valence-corrected chi connectivity index (χ2v) is 14.6. The van der Waals surface area contributed by atoms with Crippen LogP contribution in [-0.2, 0) is 14.3 Å². The number of rotatable bonds is 6. The molecule has 0 saturated heterocycles. The Bertz CT molecular complexity index is 1660. The van der Waals surface area contributed by atoms with Gasteiger partial charge in [-0.25, -0.2) is 13.6 Å². The molecule has 0 spiro atoms. The van der Waals surface area contributed by atoms with Crippen molar-refractivity contribution >= 4 is 40.2 Å². The summed E-state index contributed by atoms with van der Waals surface area (Å²) in [6.45, 7) is 5.22. The molecule has 2 aromatic rings. The molecule has 0 amide bonds. The molecule has 4 aliphatic carbocycles. The number of benzene rings is 2. The Balaban J connectivity index is 1.33. The molecule has 8 atom stereocenters. The van der Waals surface area contributed by atoms with Crippen LogP contribution >= 0.6 is 23.4 Å². The van der Waals surface area contributed by atoms with Gasteiger partial charge in [-0.05, 0) is 98.8 Å². The Morgan fingerprint density at radius 2 is 1.80 bits per heavy atom. The summed E-state index contributed by atoms with van der Waals surface area (Å²) in [6, 6.07) is 9.31. The van der Waals surface area contributed by atoms with Crippen LogP contribution in [0.25, 0.3) is 0 Å². The van der Waals surface area contributed by atoms with E-state index in [0.29, 0.717) is 48.1 Å². The molecule has 0 heterocycles. The zero-order valence-corrected chi connectivity index (χ0v) is 27.2. The molecule has 0 aromatic heterocycles. The second-order valence-electron chi connectivity index (χ2n) is 13.3. The molecule has 46 heavy (non-hydrogen) atoms. The van der Waals surface area contributed by atoms with E-state index in [9.17, 15) is 29.0 Å². The highest BCUT2D eigenvalue weighted by molar-refractivity contribution is 8.13. The summed E-state index contributed by atoms with van der Waals surface area (Å²) < 4.78 is 43.4. The maximum atomic E-state index is 17.6. The zero-order chi connectivity index (χ0) is 33.2. The van der Waals surface area contributed by atoms with Gasteiger partial charge in [0.15, 0.2) is 17.1 Å². The SMILES string of the molecule is C[C@@H]1C[C@H]2[C@@H]3CCC4=CC(=O)C=C[C@]4(C)[C@@]3(F)[C@@H](O)C[C@]2(C)[C@@]1(OC(=O)c1ccc(Oc2ccc(O)c(Cl)c2)cc1)C(=O)SCF. The van der Waals surface area contributed by atoms with Crippen LogP contribution in [0, 0.1) is 28.6 Å². The lowest BCUT2D eigenvalue weighted by atomic mass is 9.45. The smallest absolute Gasteiger partial charge is 0.339 e. The number of halogens is 3. The molecule has 0 unspecified atom stereocenters. The Hall–Kier alpha value is -3.21. The van der Waals surface area contributed by atoms with E-state index in [0.717, 1.165) is 0 Å². The van der Waals surface area contributed by atoms with Crippen LogP contribution in [0.2, 0.25) is 5.02 Å². The number of aliphatic hydroxyl groups excluding tert-OH is 1. The highest BCUT2D eigenvalue weighted by Crippen LogP contribution is 2.71. The number of phenolic OH excluding ortho intramolecular Hbond substituents is 1. The monoisotopic (exact) mass is 672 g/mol. The number of ether oxygens (including phenoxy) is 2. The number of alkyl halides is 2. The van der Waals surface area contributed by atoms with Crippen molar-refractivity contribution in [2.75, 3.05) is 6.01 Å². The minimum Gasteiger partial charge on any atom is -0.506 e. The lowest BCUT2D eigenvalue weighted by Gasteiger charge is -2.62. The van der Waals surface area contributed by atoms with E-state index in [2.05, 4.69) is 0 Å². The Morgan fingerprint density at radius 1 is 1.11 bits per heavy atom. The first kappa shape index (κ1) is 32.7. The average Bonchev–Trinajstić information content (AvgIpc) is 3.22. The van der Waals surface area contributed by atoms with Crippen LogP contribution in [0.3, 0.4) is 0 Å². The van der Waals surface area contributed by atoms with Crippen molar-refractivity contribution in [3.05, 3.63) is 76.9 Å². The number of aromatic hydroxyl groups is 1. The zero-order valence-electron chi connectivity index (χ0n) is 25.6. The number of hydrogen-bond donors (Lipinski definition) is 2. The molecular weight excluding hydrogens is 638 g/mol. The van der Waals surface area contributed by atoms with Crippen molar-refractivity contribution in [3.63, 3.8) is 0 Å². The maximum absolute atomic E-state index is 17.6.